The summed E-state index contributed by atoms with van der Waals surface area (Å²) in [5.74, 6) is 0.262. The molecule has 0 radical (unpaired) electrons. The maximum absolute atomic E-state index is 13.1. The highest BCUT2D eigenvalue weighted by molar-refractivity contribution is 9.11. The number of nitrogens with zero attached hydrogens (tertiary/aromatic N) is 3. The molecule has 0 spiro atoms. The van der Waals surface area contributed by atoms with Gasteiger partial charge in [-0.25, -0.2) is 0 Å². The molecule has 168 valence electrons. The number of benzene rings is 2. The molecule has 1 aromatic heterocycles. The van der Waals surface area contributed by atoms with Gasteiger partial charge in [-0.2, -0.15) is 5.10 Å². The molecule has 11 heteroatoms. The Hall–Kier alpha value is -2.53. The van der Waals surface area contributed by atoms with Gasteiger partial charge in [0.15, 0.2) is 5.17 Å². The van der Waals surface area contributed by atoms with E-state index in [0.717, 1.165) is 16.2 Å². The third kappa shape index (κ3) is 5.52. The molecule has 1 fully saturated rings. The lowest BCUT2D eigenvalue weighted by atomic mass is 10.2. The van der Waals surface area contributed by atoms with Gasteiger partial charge >= 0.3 is 0 Å². The molecule has 2 N–H and O–H groups in total. The number of aromatic hydroxyl groups is 2. The maximum atomic E-state index is 13.1. The van der Waals surface area contributed by atoms with Crippen LogP contribution in [-0.2, 0) is 11.3 Å². The van der Waals surface area contributed by atoms with E-state index in [1.54, 1.807) is 42.5 Å². The van der Waals surface area contributed by atoms with Crippen LogP contribution >= 0.6 is 55.2 Å². The fourth-order valence-corrected chi connectivity index (χ4v) is 5.25. The minimum atomic E-state index is -0.322. The minimum absolute atomic E-state index is 0.00278. The molecule has 2 aromatic carbocycles. The number of carbonyl (C=O) groups is 1. The molecule has 0 saturated carbocycles. The number of phenols is 2. The minimum Gasteiger partial charge on any atom is -0.507 e. The highest BCUT2D eigenvalue weighted by atomic mass is 79.9. The summed E-state index contributed by atoms with van der Waals surface area (Å²) in [5.41, 5.74) is 0.845. The van der Waals surface area contributed by atoms with E-state index in [-0.39, 0.29) is 24.0 Å². The fraction of sp³-hybridized carbons (Fsp3) is 0.0455. The number of hydrogen-bond acceptors (Lipinski definition) is 7. The Balaban J connectivity index is 1.67. The summed E-state index contributed by atoms with van der Waals surface area (Å²) in [4.78, 5) is 14.9. The van der Waals surface area contributed by atoms with Crippen molar-refractivity contribution in [2.45, 2.75) is 6.54 Å². The Bertz CT molecular complexity index is 1310. The second-order valence-corrected chi connectivity index (χ2v) is 9.95. The van der Waals surface area contributed by atoms with E-state index in [4.69, 9.17) is 16.0 Å². The fourth-order valence-electron chi connectivity index (χ4n) is 2.89. The normalized spacial score (nSPS) is 16.6. The third-order valence-electron chi connectivity index (χ3n) is 4.46. The van der Waals surface area contributed by atoms with Crippen molar-refractivity contribution in [2.75, 3.05) is 0 Å². The van der Waals surface area contributed by atoms with Gasteiger partial charge in [0.2, 0.25) is 0 Å². The van der Waals surface area contributed by atoms with Gasteiger partial charge in [-0.15, -0.1) is 5.10 Å². The molecule has 0 unspecified atom stereocenters. The third-order valence-corrected chi connectivity index (χ3v) is 6.75. The SMILES string of the molecule is O=C1/C(=C/c2cc(Cl)ccc2O)S/C(=N\N=C\c2cc(Br)cc(Br)c2O)N1Cc1ccco1. The molecule has 1 saturated heterocycles. The van der Waals surface area contributed by atoms with E-state index in [0.29, 0.717) is 36.5 Å². The zero-order chi connectivity index (χ0) is 23.5. The molecule has 7 nitrogen and oxygen atoms in total. The van der Waals surface area contributed by atoms with Gasteiger partial charge in [0.1, 0.15) is 17.3 Å². The molecule has 4 rings (SSSR count). The average Bonchev–Trinajstić information content (AvgIpc) is 3.38. The van der Waals surface area contributed by atoms with Crippen molar-refractivity contribution in [1.82, 2.24) is 4.90 Å². The Morgan fingerprint density at radius 3 is 2.73 bits per heavy atom. The molecule has 0 aliphatic carbocycles. The van der Waals surface area contributed by atoms with Crippen LogP contribution in [0.1, 0.15) is 16.9 Å². The van der Waals surface area contributed by atoms with Gasteiger partial charge in [0.05, 0.1) is 28.4 Å². The Labute approximate surface area is 214 Å². The lowest BCUT2D eigenvalue weighted by molar-refractivity contribution is -0.122. The van der Waals surface area contributed by atoms with E-state index in [9.17, 15) is 15.0 Å². The average molecular weight is 612 g/mol. The quantitative estimate of drug-likeness (QED) is 0.198. The first-order chi connectivity index (χ1) is 15.8. The van der Waals surface area contributed by atoms with Crippen LogP contribution in [0.2, 0.25) is 5.02 Å². The summed E-state index contributed by atoms with van der Waals surface area (Å²) in [6.07, 6.45) is 4.46. The van der Waals surface area contributed by atoms with E-state index < -0.39 is 0 Å². The molecule has 1 aliphatic heterocycles. The molecule has 0 bridgehead atoms. The Morgan fingerprint density at radius 2 is 1.97 bits per heavy atom. The summed E-state index contributed by atoms with van der Waals surface area (Å²) < 4.78 is 6.63. The van der Waals surface area contributed by atoms with E-state index in [1.165, 1.54) is 23.4 Å². The second-order valence-electron chi connectivity index (χ2n) is 6.74. The van der Waals surface area contributed by atoms with Gasteiger partial charge < -0.3 is 14.6 Å². The lowest BCUT2D eigenvalue weighted by Crippen LogP contribution is -2.28. The zero-order valence-corrected chi connectivity index (χ0v) is 21.3. The number of halogens is 3. The number of amidine groups is 1. The topological polar surface area (TPSA) is 98.6 Å². The van der Waals surface area contributed by atoms with Crippen molar-refractivity contribution in [3.05, 3.63) is 84.5 Å². The molecule has 0 atom stereocenters. The summed E-state index contributed by atoms with van der Waals surface area (Å²) in [5, 5.41) is 29.3. The predicted molar refractivity (Wildman–Crippen MR) is 136 cm³/mol. The van der Waals surface area contributed by atoms with Gasteiger partial charge in [0.25, 0.3) is 5.91 Å². The van der Waals surface area contributed by atoms with E-state index >= 15 is 0 Å². The first kappa shape index (κ1) is 23.6. The van der Waals surface area contributed by atoms with Crippen molar-refractivity contribution < 1.29 is 19.4 Å². The monoisotopic (exact) mass is 609 g/mol. The molecule has 1 amide bonds. The smallest absolute Gasteiger partial charge is 0.267 e. The van der Waals surface area contributed by atoms with Crippen molar-refractivity contribution in [3.8, 4) is 11.5 Å². The van der Waals surface area contributed by atoms with Crippen molar-refractivity contribution >= 4 is 78.6 Å². The standard InChI is InChI=1S/C22H14Br2ClN3O4S/c23-14-6-13(20(30)17(24)9-14)10-26-27-22-28(11-16-2-1-5-32-16)21(31)19(33-22)8-12-7-15(25)3-4-18(12)29/h1-10,29-30H,11H2/b19-8-,26-10+,27-22-. The first-order valence-corrected chi connectivity index (χ1v) is 12.1. The van der Waals surface area contributed by atoms with Crippen molar-refractivity contribution in [1.29, 1.82) is 0 Å². The summed E-state index contributed by atoms with van der Waals surface area (Å²) in [6.45, 7) is 0.153. The molecule has 33 heavy (non-hydrogen) atoms. The van der Waals surface area contributed by atoms with Crippen LogP contribution in [0.4, 0.5) is 0 Å². The molecule has 3 aromatic rings. The molecular weight excluding hydrogens is 598 g/mol. The summed E-state index contributed by atoms with van der Waals surface area (Å²) >= 11 is 13.8. The maximum Gasteiger partial charge on any atom is 0.267 e. The predicted octanol–water partition coefficient (Wildman–Crippen LogP) is 6.38. The van der Waals surface area contributed by atoms with Gasteiger partial charge in [-0.05, 0) is 76.2 Å². The van der Waals surface area contributed by atoms with Crippen molar-refractivity contribution in [3.63, 3.8) is 0 Å². The lowest BCUT2D eigenvalue weighted by Gasteiger charge is -2.12. The number of furan rings is 1. The number of phenolic OH excluding ortho intramolecular Hbond substituents is 2. The van der Waals surface area contributed by atoms with Crippen LogP contribution in [0.5, 0.6) is 11.5 Å². The number of rotatable bonds is 5. The number of amides is 1. The van der Waals surface area contributed by atoms with E-state index in [2.05, 4.69) is 42.1 Å². The highest BCUT2D eigenvalue weighted by Crippen LogP contribution is 2.36. The summed E-state index contributed by atoms with van der Waals surface area (Å²) in [6, 6.07) is 11.5. The molecular formula is C22H14Br2ClN3O4S. The van der Waals surface area contributed by atoms with E-state index in [1.807, 2.05) is 0 Å². The number of carbonyl (C=O) groups excluding carboxylic acids is 1. The molecule has 1 aliphatic rings. The van der Waals surface area contributed by atoms with Crippen LogP contribution in [0.25, 0.3) is 6.08 Å². The van der Waals surface area contributed by atoms with Gasteiger partial charge in [0, 0.05) is 20.6 Å². The van der Waals surface area contributed by atoms with Gasteiger partial charge in [-0.3, -0.25) is 9.69 Å². The highest BCUT2D eigenvalue weighted by Gasteiger charge is 2.34. The van der Waals surface area contributed by atoms with Crippen LogP contribution in [0.3, 0.4) is 0 Å². The molecule has 2 heterocycles. The number of hydrogen-bond donors (Lipinski definition) is 2. The van der Waals surface area contributed by atoms with Crippen LogP contribution in [-0.4, -0.2) is 32.4 Å². The second kappa shape index (κ2) is 10.2. The first-order valence-electron chi connectivity index (χ1n) is 9.33. The van der Waals surface area contributed by atoms with Crippen LogP contribution < -0.4 is 0 Å². The van der Waals surface area contributed by atoms with Crippen molar-refractivity contribution in [2.24, 2.45) is 10.2 Å². The summed E-state index contributed by atoms with van der Waals surface area (Å²) in [7, 11) is 0. The van der Waals surface area contributed by atoms with Gasteiger partial charge in [-0.1, -0.05) is 27.5 Å². The Kier molecular flexibility index (Phi) is 7.28. The largest absolute Gasteiger partial charge is 0.507 e. The Morgan fingerprint density at radius 1 is 1.15 bits per heavy atom. The van der Waals surface area contributed by atoms with Crippen LogP contribution in [0.15, 0.2) is 77.2 Å². The zero-order valence-electron chi connectivity index (χ0n) is 16.6. The number of thioether (sulfide) groups is 1. The van der Waals surface area contributed by atoms with Crippen LogP contribution in [0, 0.1) is 0 Å².